The Kier molecular flexibility index (Phi) is 5.32. The van der Waals surface area contributed by atoms with Crippen LogP contribution in [0.25, 0.3) is 0 Å². The van der Waals surface area contributed by atoms with Gasteiger partial charge in [0.25, 0.3) is 0 Å². The number of thiophene rings is 1. The summed E-state index contributed by atoms with van der Waals surface area (Å²) in [7, 11) is 0. The Morgan fingerprint density at radius 2 is 1.91 bits per heavy atom. The van der Waals surface area contributed by atoms with E-state index < -0.39 is 18.0 Å². The summed E-state index contributed by atoms with van der Waals surface area (Å²) < 4.78 is 9.92. The molecule has 120 valence electrons. The van der Waals surface area contributed by atoms with Crippen molar-refractivity contribution in [1.82, 2.24) is 0 Å². The molecule has 2 aromatic rings. The zero-order valence-corrected chi connectivity index (χ0v) is 13.0. The number of anilines is 1. The topological polar surface area (TPSA) is 108 Å². The van der Waals surface area contributed by atoms with Crippen molar-refractivity contribution in [1.29, 1.82) is 0 Å². The van der Waals surface area contributed by atoms with Crippen LogP contribution in [0.15, 0.2) is 35.7 Å². The molecule has 0 aliphatic carbocycles. The predicted molar refractivity (Wildman–Crippen MR) is 84.9 cm³/mol. The van der Waals surface area contributed by atoms with Crippen LogP contribution in [0.2, 0.25) is 0 Å². The van der Waals surface area contributed by atoms with E-state index in [2.05, 4.69) is 5.32 Å². The minimum atomic E-state index is -0.602. The van der Waals surface area contributed by atoms with Crippen molar-refractivity contribution < 1.29 is 23.9 Å². The van der Waals surface area contributed by atoms with Gasteiger partial charge in [-0.25, -0.2) is 9.59 Å². The summed E-state index contributed by atoms with van der Waals surface area (Å²) >= 11 is 1.07. The Morgan fingerprint density at radius 3 is 2.48 bits per heavy atom. The van der Waals surface area contributed by atoms with Crippen molar-refractivity contribution in [2.75, 3.05) is 11.9 Å². The Bertz CT molecular complexity index is 724. The molecule has 1 aromatic carbocycles. The third-order valence-electron chi connectivity index (χ3n) is 2.67. The number of carbonyl (C=O) groups excluding carboxylic acids is 3. The number of nitrogens with one attached hydrogen (secondary N) is 1. The van der Waals surface area contributed by atoms with Crippen LogP contribution in [0.3, 0.4) is 0 Å². The van der Waals surface area contributed by atoms with E-state index >= 15 is 0 Å². The van der Waals surface area contributed by atoms with Crippen LogP contribution in [0, 0.1) is 0 Å². The monoisotopic (exact) mass is 334 g/mol. The van der Waals surface area contributed by atoms with Gasteiger partial charge in [-0.1, -0.05) is 0 Å². The summed E-state index contributed by atoms with van der Waals surface area (Å²) in [4.78, 5) is 34.5. The summed E-state index contributed by atoms with van der Waals surface area (Å²) in [6.45, 7) is 1.98. The number of rotatable bonds is 5. The zero-order valence-electron chi connectivity index (χ0n) is 12.2. The molecule has 3 N–H and O–H groups in total. The average molecular weight is 334 g/mol. The first-order valence-electron chi connectivity index (χ1n) is 6.64. The second kappa shape index (κ2) is 7.41. The van der Waals surface area contributed by atoms with Gasteiger partial charge in [-0.2, -0.15) is 0 Å². The van der Waals surface area contributed by atoms with Crippen molar-refractivity contribution >= 4 is 35.0 Å². The molecule has 0 atom stereocenters. The van der Waals surface area contributed by atoms with Crippen LogP contribution in [-0.4, -0.2) is 24.6 Å². The Hall–Kier alpha value is -2.87. The van der Waals surface area contributed by atoms with Crippen molar-refractivity contribution in [3.05, 3.63) is 46.2 Å². The molecule has 0 unspecified atom stereocenters. The van der Waals surface area contributed by atoms with Gasteiger partial charge in [0.15, 0.2) is 0 Å². The maximum atomic E-state index is 11.9. The second-order valence-electron chi connectivity index (χ2n) is 4.32. The van der Waals surface area contributed by atoms with Gasteiger partial charge in [-0.3, -0.25) is 10.1 Å². The molecule has 23 heavy (non-hydrogen) atoms. The molecule has 0 aliphatic rings. The van der Waals surface area contributed by atoms with Crippen molar-refractivity contribution in [3.63, 3.8) is 0 Å². The molecule has 0 spiro atoms. The molecular formula is C15H14N2O5S. The lowest BCUT2D eigenvalue weighted by Gasteiger charge is -2.06. The van der Waals surface area contributed by atoms with Gasteiger partial charge < -0.3 is 15.2 Å². The fourth-order valence-corrected chi connectivity index (χ4v) is 2.39. The molecule has 8 heteroatoms. The molecule has 0 fully saturated rings. The van der Waals surface area contributed by atoms with Crippen molar-refractivity contribution in [2.45, 2.75) is 6.92 Å². The van der Waals surface area contributed by atoms with Gasteiger partial charge >= 0.3 is 12.1 Å². The van der Waals surface area contributed by atoms with Gasteiger partial charge in [-0.05, 0) is 37.3 Å². The molecule has 1 aromatic heterocycles. The summed E-state index contributed by atoms with van der Waals surface area (Å²) in [5, 5.41) is 4.01. The van der Waals surface area contributed by atoms with Crippen LogP contribution >= 0.6 is 11.3 Å². The first kappa shape index (κ1) is 16.5. The molecule has 7 nitrogen and oxygen atoms in total. The average Bonchev–Trinajstić information content (AvgIpc) is 3.00. The Labute approximate surface area is 136 Å². The van der Waals surface area contributed by atoms with Crippen LogP contribution < -0.4 is 15.8 Å². The maximum absolute atomic E-state index is 11.9. The summed E-state index contributed by atoms with van der Waals surface area (Å²) in [6, 6.07) is 7.59. The fraction of sp³-hybridized carbons (Fsp3) is 0.133. The Morgan fingerprint density at radius 1 is 1.22 bits per heavy atom. The van der Waals surface area contributed by atoms with E-state index in [0.29, 0.717) is 11.4 Å². The largest absolute Gasteiger partial charge is 0.450 e. The van der Waals surface area contributed by atoms with E-state index in [0.717, 1.165) is 11.3 Å². The standard InChI is InChI=1S/C15H14N2O5S/c1-2-21-15(20)17-10-3-5-11(6-4-10)22-14(19)12-7-9(8-23-12)13(16)18/h3-8H,2H2,1H3,(H2,16,18)(H,17,20). The number of hydrogen-bond acceptors (Lipinski definition) is 6. The number of carbonyl (C=O) groups is 3. The molecule has 1 heterocycles. The molecule has 0 saturated carbocycles. The van der Waals surface area contributed by atoms with Crippen LogP contribution in [0.5, 0.6) is 5.75 Å². The fourth-order valence-electron chi connectivity index (χ4n) is 1.62. The lowest BCUT2D eigenvalue weighted by Crippen LogP contribution is -2.13. The van der Waals surface area contributed by atoms with Gasteiger partial charge in [0.2, 0.25) is 5.91 Å². The van der Waals surface area contributed by atoms with E-state index in [1.54, 1.807) is 19.1 Å². The highest BCUT2D eigenvalue weighted by Crippen LogP contribution is 2.20. The molecule has 0 bridgehead atoms. The number of benzene rings is 1. The first-order valence-corrected chi connectivity index (χ1v) is 7.52. The van der Waals surface area contributed by atoms with E-state index in [9.17, 15) is 14.4 Å². The van der Waals surface area contributed by atoms with Crippen molar-refractivity contribution in [2.24, 2.45) is 5.73 Å². The quantitative estimate of drug-likeness (QED) is 0.645. The van der Waals surface area contributed by atoms with Crippen molar-refractivity contribution in [3.8, 4) is 5.75 Å². The van der Waals surface area contributed by atoms with E-state index in [1.165, 1.54) is 23.6 Å². The number of ether oxygens (including phenoxy) is 2. The van der Waals surface area contributed by atoms with Crippen LogP contribution in [0.1, 0.15) is 27.0 Å². The van der Waals surface area contributed by atoms with Gasteiger partial charge in [-0.15, -0.1) is 11.3 Å². The zero-order chi connectivity index (χ0) is 16.8. The first-order chi connectivity index (χ1) is 11.0. The maximum Gasteiger partial charge on any atom is 0.411 e. The Balaban J connectivity index is 1.98. The normalized spacial score (nSPS) is 9.96. The molecular weight excluding hydrogens is 320 g/mol. The smallest absolute Gasteiger partial charge is 0.411 e. The lowest BCUT2D eigenvalue weighted by molar-refractivity contribution is 0.0739. The van der Waals surface area contributed by atoms with Crippen LogP contribution in [0.4, 0.5) is 10.5 Å². The lowest BCUT2D eigenvalue weighted by atomic mass is 10.3. The van der Waals surface area contributed by atoms with Gasteiger partial charge in [0.05, 0.1) is 12.2 Å². The third-order valence-corrected chi connectivity index (χ3v) is 3.58. The highest BCUT2D eigenvalue weighted by molar-refractivity contribution is 7.12. The number of primary amides is 1. The summed E-state index contributed by atoms with van der Waals surface area (Å²) in [5.74, 6) is -0.887. The SMILES string of the molecule is CCOC(=O)Nc1ccc(OC(=O)c2cc(C(N)=O)cs2)cc1. The molecule has 0 radical (unpaired) electrons. The second-order valence-corrected chi connectivity index (χ2v) is 5.23. The van der Waals surface area contributed by atoms with Gasteiger partial charge in [0, 0.05) is 11.1 Å². The minimum Gasteiger partial charge on any atom is -0.450 e. The third kappa shape index (κ3) is 4.55. The number of esters is 1. The highest BCUT2D eigenvalue weighted by Gasteiger charge is 2.14. The summed E-state index contributed by atoms with van der Waals surface area (Å²) in [6.07, 6.45) is -0.560. The van der Waals surface area contributed by atoms with E-state index in [4.69, 9.17) is 15.2 Å². The number of amides is 2. The van der Waals surface area contributed by atoms with E-state index in [1.807, 2.05) is 0 Å². The van der Waals surface area contributed by atoms with Crippen LogP contribution in [-0.2, 0) is 4.74 Å². The number of hydrogen-bond donors (Lipinski definition) is 2. The number of nitrogens with two attached hydrogens (primary N) is 1. The highest BCUT2D eigenvalue weighted by atomic mass is 32.1. The van der Waals surface area contributed by atoms with E-state index in [-0.39, 0.29) is 17.0 Å². The molecule has 0 aliphatic heterocycles. The molecule has 2 amide bonds. The van der Waals surface area contributed by atoms with Gasteiger partial charge in [0.1, 0.15) is 10.6 Å². The molecule has 0 saturated heterocycles. The minimum absolute atomic E-state index is 0.260. The molecule has 2 rings (SSSR count). The summed E-state index contributed by atoms with van der Waals surface area (Å²) in [5.41, 5.74) is 5.90. The predicted octanol–water partition coefficient (Wildman–Crippen LogP) is 2.63.